The molecule has 0 fully saturated rings. The third-order valence-electron chi connectivity index (χ3n) is 4.37. The maximum absolute atomic E-state index is 12.7. The maximum Gasteiger partial charge on any atom is 0.221 e. The summed E-state index contributed by atoms with van der Waals surface area (Å²) in [7, 11) is -3.47. The van der Waals surface area contributed by atoms with E-state index in [2.05, 4.69) is 4.72 Å². The summed E-state index contributed by atoms with van der Waals surface area (Å²) in [6.45, 7) is 2.07. The first-order valence-electron chi connectivity index (χ1n) is 7.98. The maximum atomic E-state index is 12.7. The van der Waals surface area contributed by atoms with Crippen molar-refractivity contribution >= 4 is 15.6 Å². The molecule has 2 aromatic rings. The van der Waals surface area contributed by atoms with Gasteiger partial charge in [-0.15, -0.1) is 0 Å². The van der Waals surface area contributed by atoms with E-state index in [-0.39, 0.29) is 0 Å². The van der Waals surface area contributed by atoms with Gasteiger partial charge in [0.1, 0.15) is 4.75 Å². The Labute approximate surface area is 143 Å². The molecule has 124 valence electrons. The normalized spacial score (nSPS) is 20.6. The van der Waals surface area contributed by atoms with Gasteiger partial charge >= 0.3 is 0 Å². The topological polar surface area (TPSA) is 46.2 Å². The highest BCUT2D eigenvalue weighted by molar-refractivity contribution is 7.91. The van der Waals surface area contributed by atoms with Gasteiger partial charge in [0, 0.05) is 6.54 Å². The van der Waals surface area contributed by atoms with Gasteiger partial charge in [-0.05, 0) is 30.0 Å². The van der Waals surface area contributed by atoms with Gasteiger partial charge in [0.2, 0.25) is 10.0 Å². The first-order chi connectivity index (χ1) is 11.5. The molecule has 0 saturated heterocycles. The molecule has 1 unspecified atom stereocenters. The van der Waals surface area contributed by atoms with E-state index in [9.17, 15) is 8.42 Å². The van der Waals surface area contributed by atoms with Crippen molar-refractivity contribution in [2.24, 2.45) is 0 Å². The number of hydrogen-bond donors (Lipinski definition) is 1. The van der Waals surface area contributed by atoms with E-state index in [1.165, 1.54) is 0 Å². The summed E-state index contributed by atoms with van der Waals surface area (Å²) in [6, 6.07) is 19.5. The van der Waals surface area contributed by atoms with Crippen LogP contribution in [0, 0.1) is 0 Å². The molecule has 0 radical (unpaired) electrons. The van der Waals surface area contributed by atoms with Crippen LogP contribution in [-0.4, -0.2) is 13.2 Å². The average molecular weight is 339 g/mol. The summed E-state index contributed by atoms with van der Waals surface area (Å²) in [4.78, 5) is 0. The van der Waals surface area contributed by atoms with Gasteiger partial charge in [-0.25, -0.2) is 13.1 Å². The largest absolute Gasteiger partial charge is 0.221 e. The number of sulfonamides is 1. The molecule has 1 aliphatic carbocycles. The number of hydrogen-bond acceptors (Lipinski definition) is 2. The smallest absolute Gasteiger partial charge is 0.211 e. The minimum atomic E-state index is -3.47. The fourth-order valence-corrected chi connectivity index (χ4v) is 3.93. The van der Waals surface area contributed by atoms with Crippen LogP contribution in [-0.2, 0) is 16.6 Å². The predicted molar refractivity (Wildman–Crippen MR) is 98.8 cm³/mol. The van der Waals surface area contributed by atoms with E-state index in [0.717, 1.165) is 16.7 Å². The monoisotopic (exact) mass is 339 g/mol. The van der Waals surface area contributed by atoms with Crippen LogP contribution < -0.4 is 4.72 Å². The van der Waals surface area contributed by atoms with E-state index in [1.54, 1.807) is 13.0 Å². The number of allylic oxidation sites excluding steroid dienone is 3. The molecule has 24 heavy (non-hydrogen) atoms. The molecule has 0 spiro atoms. The van der Waals surface area contributed by atoms with E-state index in [4.69, 9.17) is 0 Å². The lowest BCUT2D eigenvalue weighted by molar-refractivity contribution is 0.547. The zero-order chi connectivity index (χ0) is 17.0. The Bertz CT molecular complexity index is 855. The Morgan fingerprint density at radius 2 is 1.62 bits per heavy atom. The lowest BCUT2D eigenvalue weighted by Crippen LogP contribution is -2.42. The highest BCUT2D eigenvalue weighted by Gasteiger charge is 2.37. The predicted octanol–water partition coefficient (Wildman–Crippen LogP) is 3.91. The molecule has 0 bridgehead atoms. The van der Waals surface area contributed by atoms with Gasteiger partial charge in [-0.1, -0.05) is 78.9 Å². The van der Waals surface area contributed by atoms with Gasteiger partial charge in [0.05, 0.1) is 0 Å². The first kappa shape index (κ1) is 16.7. The second kappa shape index (κ2) is 6.75. The zero-order valence-electron chi connectivity index (χ0n) is 13.6. The molecule has 0 heterocycles. The molecule has 0 aliphatic heterocycles. The van der Waals surface area contributed by atoms with Crippen LogP contribution in [0.4, 0.5) is 0 Å². The molecule has 3 nitrogen and oxygen atoms in total. The average Bonchev–Trinajstić information content (AvgIpc) is 2.62. The van der Waals surface area contributed by atoms with E-state index in [0.29, 0.717) is 13.0 Å². The van der Waals surface area contributed by atoms with Gasteiger partial charge in [-0.3, -0.25) is 0 Å². The van der Waals surface area contributed by atoms with Crippen molar-refractivity contribution in [2.75, 3.05) is 0 Å². The van der Waals surface area contributed by atoms with Crippen molar-refractivity contribution in [2.45, 2.75) is 24.6 Å². The van der Waals surface area contributed by atoms with Crippen molar-refractivity contribution in [3.8, 4) is 0 Å². The molecule has 1 N–H and O–H groups in total. The lowest BCUT2D eigenvalue weighted by Gasteiger charge is -2.28. The third kappa shape index (κ3) is 3.50. The van der Waals surface area contributed by atoms with Crippen LogP contribution in [0.15, 0.2) is 78.9 Å². The van der Waals surface area contributed by atoms with Crippen molar-refractivity contribution in [1.82, 2.24) is 4.72 Å². The number of benzene rings is 2. The Hall–Kier alpha value is -2.17. The quantitative estimate of drug-likeness (QED) is 0.898. The molecule has 2 aromatic carbocycles. The van der Waals surface area contributed by atoms with Gasteiger partial charge in [0.15, 0.2) is 0 Å². The summed E-state index contributed by atoms with van der Waals surface area (Å²) in [5.41, 5.74) is 3.11. The van der Waals surface area contributed by atoms with Crippen LogP contribution >= 0.6 is 0 Å². The van der Waals surface area contributed by atoms with Crippen LogP contribution in [0.2, 0.25) is 0 Å². The summed E-state index contributed by atoms with van der Waals surface area (Å²) in [6.07, 6.45) is 6.15. The SMILES string of the molecule is CC1(S(=O)(=O)NCc2ccccc2)C=CC(c2ccccc2)=CC1. The van der Waals surface area contributed by atoms with E-state index in [1.807, 2.05) is 72.8 Å². The lowest BCUT2D eigenvalue weighted by atomic mass is 9.94. The van der Waals surface area contributed by atoms with Crippen molar-refractivity contribution in [3.05, 3.63) is 90.0 Å². The molecule has 0 aromatic heterocycles. The molecular weight excluding hydrogens is 318 g/mol. The van der Waals surface area contributed by atoms with Crippen LogP contribution in [0.5, 0.6) is 0 Å². The van der Waals surface area contributed by atoms with Crippen molar-refractivity contribution in [3.63, 3.8) is 0 Å². The fourth-order valence-electron chi connectivity index (χ4n) is 2.70. The van der Waals surface area contributed by atoms with Gasteiger partial charge < -0.3 is 0 Å². The number of nitrogens with one attached hydrogen (secondary N) is 1. The van der Waals surface area contributed by atoms with E-state index < -0.39 is 14.8 Å². The van der Waals surface area contributed by atoms with Gasteiger partial charge in [0.25, 0.3) is 0 Å². The fraction of sp³-hybridized carbons (Fsp3) is 0.200. The second-order valence-electron chi connectivity index (χ2n) is 6.19. The Morgan fingerprint density at radius 3 is 2.21 bits per heavy atom. The summed E-state index contributed by atoms with van der Waals surface area (Å²) in [5.74, 6) is 0. The molecular formula is C20H21NO2S. The van der Waals surface area contributed by atoms with Crippen LogP contribution in [0.3, 0.4) is 0 Å². The highest BCUT2D eigenvalue weighted by Crippen LogP contribution is 2.31. The Morgan fingerprint density at radius 1 is 1.00 bits per heavy atom. The Kier molecular flexibility index (Phi) is 4.69. The first-order valence-corrected chi connectivity index (χ1v) is 9.46. The van der Waals surface area contributed by atoms with Gasteiger partial charge in [-0.2, -0.15) is 0 Å². The summed E-state index contributed by atoms with van der Waals surface area (Å²) < 4.78 is 27.3. The minimum Gasteiger partial charge on any atom is -0.211 e. The van der Waals surface area contributed by atoms with Crippen molar-refractivity contribution < 1.29 is 8.42 Å². The molecule has 0 saturated carbocycles. The molecule has 1 aliphatic rings. The minimum absolute atomic E-state index is 0.307. The zero-order valence-corrected chi connectivity index (χ0v) is 14.5. The molecule has 0 amide bonds. The summed E-state index contributed by atoms with van der Waals surface area (Å²) >= 11 is 0. The van der Waals surface area contributed by atoms with Crippen LogP contribution in [0.1, 0.15) is 24.5 Å². The molecule has 3 rings (SSSR count). The summed E-state index contributed by atoms with van der Waals surface area (Å²) in [5, 5.41) is 0. The number of rotatable bonds is 5. The standard InChI is InChI=1S/C20H21NO2S/c1-20(24(22,23)21-16-17-8-4-2-5-9-17)14-12-19(13-15-20)18-10-6-3-7-11-18/h2-14,21H,15-16H2,1H3. The molecule has 4 heteroatoms. The molecule has 1 atom stereocenters. The Balaban J connectivity index is 1.72. The third-order valence-corrected chi connectivity index (χ3v) is 6.43. The highest BCUT2D eigenvalue weighted by atomic mass is 32.2. The van der Waals surface area contributed by atoms with Crippen molar-refractivity contribution in [1.29, 1.82) is 0 Å². The van der Waals surface area contributed by atoms with Crippen LogP contribution in [0.25, 0.3) is 5.57 Å². The second-order valence-corrected chi connectivity index (χ2v) is 8.41. The van der Waals surface area contributed by atoms with E-state index >= 15 is 0 Å².